The van der Waals surface area contributed by atoms with Crippen LogP contribution < -0.4 is 16.5 Å². The van der Waals surface area contributed by atoms with Crippen LogP contribution in [0.25, 0.3) is 0 Å². The molecule has 9 heavy (non-hydrogen) atoms. The molecule has 0 aromatic rings. The first kappa shape index (κ1) is 8.68. The smallest absolute Gasteiger partial charge is 0.177 e. The SMILES string of the molecule is [B]NCC(C=C)CNN. The summed E-state index contributed by atoms with van der Waals surface area (Å²) in [6, 6.07) is 0. The Hall–Kier alpha value is -0.315. The van der Waals surface area contributed by atoms with Crippen molar-refractivity contribution in [1.29, 1.82) is 0 Å². The fourth-order valence-electron chi connectivity index (χ4n) is 0.542. The van der Waals surface area contributed by atoms with Gasteiger partial charge in [0.1, 0.15) is 0 Å². The van der Waals surface area contributed by atoms with Gasteiger partial charge in [-0.25, -0.2) is 0 Å². The van der Waals surface area contributed by atoms with Crippen molar-refractivity contribution in [1.82, 2.24) is 10.7 Å². The van der Waals surface area contributed by atoms with Crippen molar-refractivity contribution in [2.24, 2.45) is 11.8 Å². The number of hydrazine groups is 1. The van der Waals surface area contributed by atoms with Crippen LogP contribution in [0.5, 0.6) is 0 Å². The van der Waals surface area contributed by atoms with Gasteiger partial charge in [-0.1, -0.05) is 6.08 Å². The molecule has 0 fully saturated rings. The molecule has 1 atom stereocenters. The molecule has 0 rings (SSSR count). The number of hydrogen-bond donors (Lipinski definition) is 3. The maximum atomic E-state index is 5.07. The Morgan fingerprint density at radius 2 is 2.33 bits per heavy atom. The summed E-state index contributed by atoms with van der Waals surface area (Å²) in [5, 5.41) is 2.54. The van der Waals surface area contributed by atoms with Crippen molar-refractivity contribution < 1.29 is 0 Å². The van der Waals surface area contributed by atoms with Crippen LogP contribution >= 0.6 is 0 Å². The Bertz CT molecular complexity index is 70.6. The normalized spacial score (nSPS) is 13.0. The molecular formula is C5H12BN3. The van der Waals surface area contributed by atoms with E-state index in [2.05, 4.69) is 17.2 Å². The van der Waals surface area contributed by atoms with Gasteiger partial charge in [0.05, 0.1) is 0 Å². The van der Waals surface area contributed by atoms with E-state index in [4.69, 9.17) is 13.8 Å². The van der Waals surface area contributed by atoms with E-state index in [-0.39, 0.29) is 0 Å². The minimum absolute atomic E-state index is 0.306. The Labute approximate surface area is 57.1 Å². The summed E-state index contributed by atoms with van der Waals surface area (Å²) in [7, 11) is 5.07. The van der Waals surface area contributed by atoms with Gasteiger partial charge in [-0.15, -0.1) is 6.58 Å². The van der Waals surface area contributed by atoms with Crippen LogP contribution in [0.15, 0.2) is 12.7 Å². The van der Waals surface area contributed by atoms with Crippen LogP contribution in [0.4, 0.5) is 0 Å². The fraction of sp³-hybridized carbons (Fsp3) is 0.600. The zero-order valence-corrected chi connectivity index (χ0v) is 5.43. The summed E-state index contributed by atoms with van der Waals surface area (Å²) in [6.45, 7) is 5.01. The molecule has 4 heteroatoms. The van der Waals surface area contributed by atoms with Crippen LogP contribution in [0.2, 0.25) is 0 Å². The van der Waals surface area contributed by atoms with Gasteiger partial charge in [0.25, 0.3) is 0 Å². The molecule has 0 aromatic carbocycles. The van der Waals surface area contributed by atoms with Gasteiger partial charge in [0.2, 0.25) is 0 Å². The molecule has 3 nitrogen and oxygen atoms in total. The summed E-state index contributed by atoms with van der Waals surface area (Å²) in [5.74, 6) is 5.37. The van der Waals surface area contributed by atoms with Crippen molar-refractivity contribution in [3.8, 4) is 0 Å². The van der Waals surface area contributed by atoms with Gasteiger partial charge in [0.15, 0.2) is 7.98 Å². The van der Waals surface area contributed by atoms with E-state index in [1.807, 2.05) is 0 Å². The van der Waals surface area contributed by atoms with E-state index < -0.39 is 0 Å². The minimum Gasteiger partial charge on any atom is -0.366 e. The molecule has 0 saturated carbocycles. The predicted octanol–water partition coefficient (Wildman–Crippen LogP) is -1.07. The molecule has 0 heterocycles. The third-order valence-corrected chi connectivity index (χ3v) is 1.09. The van der Waals surface area contributed by atoms with Crippen LogP contribution in [0.3, 0.4) is 0 Å². The van der Waals surface area contributed by atoms with E-state index in [1.165, 1.54) is 0 Å². The zero-order chi connectivity index (χ0) is 7.11. The zero-order valence-electron chi connectivity index (χ0n) is 5.43. The second-order valence-electron chi connectivity index (χ2n) is 1.81. The van der Waals surface area contributed by atoms with Crippen LogP contribution in [-0.2, 0) is 0 Å². The molecule has 0 amide bonds. The van der Waals surface area contributed by atoms with E-state index in [0.29, 0.717) is 19.0 Å². The lowest BCUT2D eigenvalue weighted by molar-refractivity contribution is 0.567. The fourth-order valence-corrected chi connectivity index (χ4v) is 0.542. The third-order valence-electron chi connectivity index (χ3n) is 1.09. The maximum Gasteiger partial charge on any atom is 0.177 e. The summed E-state index contributed by atoms with van der Waals surface area (Å²) < 4.78 is 0. The van der Waals surface area contributed by atoms with E-state index in [0.717, 1.165) is 0 Å². The molecule has 0 aliphatic carbocycles. The molecule has 2 radical (unpaired) electrons. The van der Waals surface area contributed by atoms with Crippen molar-refractivity contribution >= 4 is 7.98 Å². The maximum absolute atomic E-state index is 5.07. The van der Waals surface area contributed by atoms with Gasteiger partial charge in [-0.2, -0.15) is 0 Å². The molecule has 0 bridgehead atoms. The van der Waals surface area contributed by atoms with Gasteiger partial charge in [0, 0.05) is 12.5 Å². The first-order valence-electron chi connectivity index (χ1n) is 2.84. The van der Waals surface area contributed by atoms with Crippen molar-refractivity contribution in [3.05, 3.63) is 12.7 Å². The highest BCUT2D eigenvalue weighted by atomic mass is 15.2. The van der Waals surface area contributed by atoms with E-state index >= 15 is 0 Å². The monoisotopic (exact) mass is 125 g/mol. The lowest BCUT2D eigenvalue weighted by Gasteiger charge is -2.09. The number of nitrogens with one attached hydrogen (secondary N) is 2. The second kappa shape index (κ2) is 5.82. The lowest BCUT2D eigenvalue weighted by atomic mass is 10.1. The number of nitrogens with two attached hydrogens (primary N) is 1. The van der Waals surface area contributed by atoms with Crippen LogP contribution in [-0.4, -0.2) is 21.1 Å². The van der Waals surface area contributed by atoms with Gasteiger partial charge in [-0.3, -0.25) is 11.3 Å². The summed E-state index contributed by atoms with van der Waals surface area (Å²) in [6.07, 6.45) is 1.81. The Morgan fingerprint density at radius 1 is 1.67 bits per heavy atom. The summed E-state index contributed by atoms with van der Waals surface area (Å²) >= 11 is 0. The highest BCUT2D eigenvalue weighted by Crippen LogP contribution is 1.90. The van der Waals surface area contributed by atoms with E-state index in [1.54, 1.807) is 6.08 Å². The molecule has 0 saturated heterocycles. The number of rotatable bonds is 5. The van der Waals surface area contributed by atoms with Crippen LogP contribution in [0.1, 0.15) is 0 Å². The molecule has 0 aliphatic heterocycles. The Morgan fingerprint density at radius 3 is 2.67 bits per heavy atom. The molecule has 50 valence electrons. The average molecular weight is 125 g/mol. The average Bonchev–Trinajstić information content (AvgIpc) is 1.88. The Kier molecular flexibility index (Phi) is 5.61. The molecule has 0 aromatic heterocycles. The Balaban J connectivity index is 3.29. The summed E-state index contributed by atoms with van der Waals surface area (Å²) in [4.78, 5) is 0. The quantitative estimate of drug-likeness (QED) is 0.190. The van der Waals surface area contributed by atoms with Gasteiger partial charge >= 0.3 is 0 Å². The largest absolute Gasteiger partial charge is 0.366 e. The summed E-state index contributed by atoms with van der Waals surface area (Å²) in [5.41, 5.74) is 2.54. The topological polar surface area (TPSA) is 50.1 Å². The predicted molar refractivity (Wildman–Crippen MR) is 39.6 cm³/mol. The highest BCUT2D eigenvalue weighted by Gasteiger charge is 1.98. The highest BCUT2D eigenvalue weighted by molar-refractivity contribution is 6.04. The molecule has 1 unspecified atom stereocenters. The standard InChI is InChI=1S/C5H12BN3/c1-2-5(3-8-6)4-9-7/h2,5,8-9H,1,3-4,7H2. The van der Waals surface area contributed by atoms with E-state index in [9.17, 15) is 0 Å². The lowest BCUT2D eigenvalue weighted by Crippen LogP contribution is -2.32. The molecule has 0 aliphatic rings. The van der Waals surface area contributed by atoms with Crippen molar-refractivity contribution in [2.45, 2.75) is 0 Å². The van der Waals surface area contributed by atoms with Gasteiger partial charge in [-0.05, 0) is 6.54 Å². The van der Waals surface area contributed by atoms with Gasteiger partial charge < -0.3 is 5.23 Å². The van der Waals surface area contributed by atoms with Crippen LogP contribution in [0, 0.1) is 5.92 Å². The number of hydrogen-bond acceptors (Lipinski definition) is 3. The molecule has 0 spiro atoms. The third kappa shape index (κ3) is 4.21. The molecule has 4 N–H and O–H groups in total. The first-order valence-corrected chi connectivity index (χ1v) is 2.84. The second-order valence-corrected chi connectivity index (χ2v) is 1.81. The first-order chi connectivity index (χ1) is 4.35. The minimum atomic E-state index is 0.306. The van der Waals surface area contributed by atoms with Crippen molar-refractivity contribution in [3.63, 3.8) is 0 Å². The molecular weight excluding hydrogens is 113 g/mol. The van der Waals surface area contributed by atoms with Crippen molar-refractivity contribution in [2.75, 3.05) is 13.1 Å².